The maximum atomic E-state index is 13.5. The van der Waals surface area contributed by atoms with Gasteiger partial charge in [0.15, 0.2) is 11.6 Å². The average Bonchev–Trinajstić information content (AvgIpc) is 2.42. The SMILES string of the molecule is OCC1(NCc2cc(F)c(F)cc2F)CCCCC1. The molecule has 0 aliphatic heterocycles. The number of nitrogens with one attached hydrogen (secondary N) is 1. The van der Waals surface area contributed by atoms with Crippen molar-refractivity contribution in [3.05, 3.63) is 35.1 Å². The Morgan fingerprint density at radius 1 is 1.00 bits per heavy atom. The number of hydrogen-bond donors (Lipinski definition) is 2. The molecule has 0 bridgehead atoms. The average molecular weight is 273 g/mol. The molecule has 0 unspecified atom stereocenters. The molecule has 1 fully saturated rings. The summed E-state index contributed by atoms with van der Waals surface area (Å²) >= 11 is 0. The molecule has 1 aliphatic rings. The molecular formula is C14H18F3NO. The van der Waals surface area contributed by atoms with Gasteiger partial charge in [0, 0.05) is 23.7 Å². The second-order valence-corrected chi connectivity index (χ2v) is 5.21. The minimum Gasteiger partial charge on any atom is -0.394 e. The van der Waals surface area contributed by atoms with E-state index in [-0.39, 0.29) is 18.7 Å². The molecule has 106 valence electrons. The van der Waals surface area contributed by atoms with Gasteiger partial charge >= 0.3 is 0 Å². The lowest BCUT2D eigenvalue weighted by atomic mass is 9.82. The van der Waals surface area contributed by atoms with Crippen LogP contribution in [0.2, 0.25) is 0 Å². The van der Waals surface area contributed by atoms with Crippen LogP contribution in [0.5, 0.6) is 0 Å². The molecule has 0 amide bonds. The van der Waals surface area contributed by atoms with E-state index < -0.39 is 23.0 Å². The standard InChI is InChI=1S/C14H18F3NO/c15-11-7-13(17)12(16)6-10(11)8-18-14(9-19)4-2-1-3-5-14/h6-7,18-19H,1-5,8-9H2. The molecule has 1 aromatic carbocycles. The number of aliphatic hydroxyl groups excluding tert-OH is 1. The third kappa shape index (κ3) is 3.28. The number of benzene rings is 1. The quantitative estimate of drug-likeness (QED) is 0.827. The summed E-state index contributed by atoms with van der Waals surface area (Å²) in [7, 11) is 0. The maximum Gasteiger partial charge on any atom is 0.161 e. The van der Waals surface area contributed by atoms with E-state index in [0.29, 0.717) is 6.07 Å². The van der Waals surface area contributed by atoms with Gasteiger partial charge in [0.2, 0.25) is 0 Å². The van der Waals surface area contributed by atoms with Crippen LogP contribution in [0.1, 0.15) is 37.7 Å². The smallest absolute Gasteiger partial charge is 0.161 e. The Morgan fingerprint density at radius 2 is 1.63 bits per heavy atom. The van der Waals surface area contributed by atoms with Crippen LogP contribution in [0.25, 0.3) is 0 Å². The van der Waals surface area contributed by atoms with Gasteiger partial charge in [0.1, 0.15) is 5.82 Å². The Kier molecular flexibility index (Phi) is 4.47. The summed E-state index contributed by atoms with van der Waals surface area (Å²) in [5.74, 6) is -3.01. The fraction of sp³-hybridized carbons (Fsp3) is 0.571. The second-order valence-electron chi connectivity index (χ2n) is 5.21. The maximum absolute atomic E-state index is 13.5. The predicted octanol–water partition coefficient (Wildman–Crippen LogP) is 2.89. The summed E-state index contributed by atoms with van der Waals surface area (Å²) in [6, 6.07) is 1.42. The lowest BCUT2D eigenvalue weighted by Gasteiger charge is -2.36. The monoisotopic (exact) mass is 273 g/mol. The van der Waals surface area contributed by atoms with E-state index in [0.717, 1.165) is 38.2 Å². The molecule has 2 nitrogen and oxygen atoms in total. The molecule has 2 rings (SSSR count). The normalized spacial score (nSPS) is 18.5. The predicted molar refractivity (Wildman–Crippen MR) is 66.1 cm³/mol. The van der Waals surface area contributed by atoms with Crippen molar-refractivity contribution in [3.8, 4) is 0 Å². The first kappa shape index (κ1) is 14.3. The highest BCUT2D eigenvalue weighted by Gasteiger charge is 2.30. The molecule has 2 N–H and O–H groups in total. The zero-order chi connectivity index (χ0) is 13.9. The summed E-state index contributed by atoms with van der Waals surface area (Å²) in [6.07, 6.45) is 4.77. The fourth-order valence-electron chi connectivity index (χ4n) is 2.60. The lowest BCUT2D eigenvalue weighted by molar-refractivity contribution is 0.119. The second kappa shape index (κ2) is 5.92. The van der Waals surface area contributed by atoms with E-state index in [4.69, 9.17) is 0 Å². The topological polar surface area (TPSA) is 32.3 Å². The Morgan fingerprint density at radius 3 is 2.26 bits per heavy atom. The largest absolute Gasteiger partial charge is 0.394 e. The summed E-state index contributed by atoms with van der Waals surface area (Å²) in [5.41, 5.74) is -0.340. The summed E-state index contributed by atoms with van der Waals surface area (Å²) in [4.78, 5) is 0. The van der Waals surface area contributed by atoms with Gasteiger partial charge in [-0.3, -0.25) is 0 Å². The molecule has 19 heavy (non-hydrogen) atoms. The molecule has 0 spiro atoms. The summed E-state index contributed by atoms with van der Waals surface area (Å²) in [5, 5.41) is 12.6. The first-order valence-electron chi connectivity index (χ1n) is 6.56. The highest BCUT2D eigenvalue weighted by atomic mass is 19.2. The number of aliphatic hydroxyl groups is 1. The van der Waals surface area contributed by atoms with Crippen LogP contribution < -0.4 is 5.32 Å². The van der Waals surface area contributed by atoms with E-state index >= 15 is 0 Å². The van der Waals surface area contributed by atoms with Crippen LogP contribution >= 0.6 is 0 Å². The fourth-order valence-corrected chi connectivity index (χ4v) is 2.60. The molecular weight excluding hydrogens is 255 g/mol. The van der Waals surface area contributed by atoms with Crippen LogP contribution in [-0.2, 0) is 6.54 Å². The Hall–Kier alpha value is -1.07. The third-order valence-electron chi connectivity index (χ3n) is 3.86. The Labute approximate surface area is 110 Å². The Balaban J connectivity index is 2.07. The molecule has 5 heteroatoms. The van der Waals surface area contributed by atoms with Crippen molar-refractivity contribution in [3.63, 3.8) is 0 Å². The van der Waals surface area contributed by atoms with E-state index in [9.17, 15) is 18.3 Å². The van der Waals surface area contributed by atoms with Crippen molar-refractivity contribution >= 4 is 0 Å². The van der Waals surface area contributed by atoms with Crippen molar-refractivity contribution in [2.45, 2.75) is 44.2 Å². The van der Waals surface area contributed by atoms with Crippen molar-refractivity contribution in [1.82, 2.24) is 5.32 Å². The Bertz CT molecular complexity index is 445. The minimum atomic E-state index is -1.18. The van der Waals surface area contributed by atoms with E-state index in [2.05, 4.69) is 5.32 Å². The van der Waals surface area contributed by atoms with Gasteiger partial charge in [-0.1, -0.05) is 19.3 Å². The highest BCUT2D eigenvalue weighted by Crippen LogP contribution is 2.28. The van der Waals surface area contributed by atoms with Crippen molar-refractivity contribution in [2.75, 3.05) is 6.61 Å². The van der Waals surface area contributed by atoms with E-state index in [1.165, 1.54) is 0 Å². The van der Waals surface area contributed by atoms with Crippen LogP contribution in [0.3, 0.4) is 0 Å². The number of rotatable bonds is 4. The molecule has 0 saturated heterocycles. The van der Waals surface area contributed by atoms with Gasteiger partial charge in [0.05, 0.1) is 6.61 Å². The van der Waals surface area contributed by atoms with Crippen molar-refractivity contribution in [2.24, 2.45) is 0 Å². The molecule has 1 saturated carbocycles. The molecule has 1 aromatic rings. The minimum absolute atomic E-state index is 0.0295. The van der Waals surface area contributed by atoms with Crippen molar-refractivity contribution in [1.29, 1.82) is 0 Å². The lowest BCUT2D eigenvalue weighted by Crippen LogP contribution is -2.49. The van der Waals surface area contributed by atoms with Crippen LogP contribution in [0.15, 0.2) is 12.1 Å². The highest BCUT2D eigenvalue weighted by molar-refractivity contribution is 5.20. The van der Waals surface area contributed by atoms with Crippen LogP contribution in [-0.4, -0.2) is 17.3 Å². The molecule has 0 radical (unpaired) electrons. The summed E-state index contributed by atoms with van der Waals surface area (Å²) < 4.78 is 39.4. The van der Waals surface area contributed by atoms with Crippen LogP contribution in [0, 0.1) is 17.5 Å². The third-order valence-corrected chi connectivity index (χ3v) is 3.86. The van der Waals surface area contributed by atoms with E-state index in [1.807, 2.05) is 0 Å². The summed E-state index contributed by atoms with van der Waals surface area (Å²) in [6.45, 7) is 0.0574. The van der Waals surface area contributed by atoms with E-state index in [1.54, 1.807) is 0 Å². The zero-order valence-corrected chi connectivity index (χ0v) is 10.7. The van der Waals surface area contributed by atoms with Crippen LogP contribution in [0.4, 0.5) is 13.2 Å². The van der Waals surface area contributed by atoms with Gasteiger partial charge in [-0.2, -0.15) is 0 Å². The van der Waals surface area contributed by atoms with Gasteiger partial charge < -0.3 is 10.4 Å². The molecule has 0 atom stereocenters. The first-order valence-corrected chi connectivity index (χ1v) is 6.56. The first-order chi connectivity index (χ1) is 9.06. The zero-order valence-electron chi connectivity index (χ0n) is 10.7. The van der Waals surface area contributed by atoms with Gasteiger partial charge in [-0.05, 0) is 18.9 Å². The van der Waals surface area contributed by atoms with Gasteiger partial charge in [-0.25, -0.2) is 13.2 Å². The van der Waals surface area contributed by atoms with Crippen molar-refractivity contribution < 1.29 is 18.3 Å². The molecule has 0 aromatic heterocycles. The number of halogens is 3. The molecule has 0 heterocycles. The number of hydrogen-bond acceptors (Lipinski definition) is 2. The van der Waals surface area contributed by atoms with Gasteiger partial charge in [0.25, 0.3) is 0 Å². The molecule has 1 aliphatic carbocycles. The van der Waals surface area contributed by atoms with Gasteiger partial charge in [-0.15, -0.1) is 0 Å².